The van der Waals surface area contributed by atoms with E-state index in [0.29, 0.717) is 11.5 Å². The first-order valence-electron chi connectivity index (χ1n) is 8.77. The molecular formula is C21H26O5. The van der Waals surface area contributed by atoms with Crippen LogP contribution in [0.4, 0.5) is 0 Å². The van der Waals surface area contributed by atoms with Crippen LogP contribution in [-0.4, -0.2) is 42.4 Å². The lowest BCUT2D eigenvalue weighted by molar-refractivity contribution is -0.121. The zero-order chi connectivity index (χ0) is 18.9. The summed E-state index contributed by atoms with van der Waals surface area (Å²) in [5, 5.41) is 17.6. The molecular weight excluding hydrogens is 332 g/mol. The first-order valence-corrected chi connectivity index (χ1v) is 8.77. The van der Waals surface area contributed by atoms with Gasteiger partial charge in [-0.3, -0.25) is 4.79 Å². The van der Waals surface area contributed by atoms with E-state index in [-0.39, 0.29) is 44.0 Å². The van der Waals surface area contributed by atoms with Gasteiger partial charge in [-0.25, -0.2) is 0 Å². The smallest absolute Gasteiger partial charge is 0.147 e. The van der Waals surface area contributed by atoms with Crippen molar-refractivity contribution < 1.29 is 24.5 Å². The Morgan fingerprint density at radius 2 is 1.12 bits per heavy atom. The van der Waals surface area contributed by atoms with Crippen molar-refractivity contribution in [1.82, 2.24) is 0 Å². The molecule has 0 amide bonds. The van der Waals surface area contributed by atoms with E-state index >= 15 is 0 Å². The second-order valence-electron chi connectivity index (χ2n) is 6.13. The molecule has 0 radical (unpaired) electrons. The molecule has 0 saturated heterocycles. The van der Waals surface area contributed by atoms with E-state index in [4.69, 9.17) is 19.7 Å². The van der Waals surface area contributed by atoms with E-state index in [9.17, 15) is 4.79 Å². The third kappa shape index (κ3) is 5.31. The van der Waals surface area contributed by atoms with Crippen molar-refractivity contribution in [3.05, 3.63) is 59.7 Å². The fourth-order valence-electron chi connectivity index (χ4n) is 2.74. The van der Waals surface area contributed by atoms with Crippen LogP contribution >= 0.6 is 0 Å². The minimum atomic E-state index is -0.234. The average Bonchev–Trinajstić information content (AvgIpc) is 2.69. The maximum absolute atomic E-state index is 12.8. The number of rotatable bonds is 10. The van der Waals surface area contributed by atoms with E-state index < -0.39 is 0 Å². The Bertz CT molecular complexity index is 619. The predicted octanol–water partition coefficient (Wildman–Crippen LogP) is 2.91. The molecule has 0 aromatic heterocycles. The molecule has 2 unspecified atom stereocenters. The molecule has 0 fully saturated rings. The summed E-state index contributed by atoms with van der Waals surface area (Å²) in [6, 6.07) is 14.8. The molecule has 2 aromatic carbocycles. The average molecular weight is 358 g/mol. The van der Waals surface area contributed by atoms with Gasteiger partial charge in [0.15, 0.2) is 0 Å². The van der Waals surface area contributed by atoms with Gasteiger partial charge in [0.05, 0.1) is 13.2 Å². The molecule has 0 aliphatic rings. The van der Waals surface area contributed by atoms with Crippen LogP contribution < -0.4 is 9.47 Å². The summed E-state index contributed by atoms with van der Waals surface area (Å²) in [5.41, 5.74) is 1.86. The van der Waals surface area contributed by atoms with E-state index in [1.54, 1.807) is 0 Å². The van der Waals surface area contributed by atoms with Crippen LogP contribution in [0.5, 0.6) is 11.5 Å². The lowest BCUT2D eigenvalue weighted by Gasteiger charge is -2.18. The van der Waals surface area contributed by atoms with Gasteiger partial charge in [-0.15, -0.1) is 0 Å². The van der Waals surface area contributed by atoms with Crippen molar-refractivity contribution in [2.45, 2.75) is 25.7 Å². The summed E-state index contributed by atoms with van der Waals surface area (Å²) in [4.78, 5) is 12.8. The number of ketones is 1. The Hall–Kier alpha value is -2.37. The van der Waals surface area contributed by atoms with Crippen LogP contribution in [0.15, 0.2) is 48.5 Å². The molecule has 0 aliphatic heterocycles. The highest BCUT2D eigenvalue weighted by Gasteiger charge is 2.22. The lowest BCUT2D eigenvalue weighted by Crippen LogP contribution is -2.16. The molecule has 2 rings (SSSR count). The van der Waals surface area contributed by atoms with Crippen molar-refractivity contribution in [2.75, 3.05) is 26.4 Å². The van der Waals surface area contributed by atoms with E-state index in [2.05, 4.69) is 0 Å². The van der Waals surface area contributed by atoms with Gasteiger partial charge < -0.3 is 19.7 Å². The second-order valence-corrected chi connectivity index (χ2v) is 6.13. The molecule has 0 bridgehead atoms. The maximum Gasteiger partial charge on any atom is 0.147 e. The van der Waals surface area contributed by atoms with Gasteiger partial charge in [-0.1, -0.05) is 38.1 Å². The normalized spacial score (nSPS) is 13.1. The highest BCUT2D eigenvalue weighted by Crippen LogP contribution is 2.28. The van der Waals surface area contributed by atoms with Gasteiger partial charge in [0.2, 0.25) is 0 Å². The standard InChI is InChI=1S/C21H26O5/c1-15(17-3-7-19(8-4-17)25-13-11-22)21(24)16(2)18-5-9-20(10-6-18)26-14-12-23/h3-10,15-16,22-23H,11-14H2,1-2H3. The quantitative estimate of drug-likeness (QED) is 0.683. The van der Waals surface area contributed by atoms with Gasteiger partial charge >= 0.3 is 0 Å². The number of hydrogen-bond donors (Lipinski definition) is 2. The van der Waals surface area contributed by atoms with Crippen LogP contribution in [0.1, 0.15) is 36.8 Å². The Labute approximate surface area is 154 Å². The first kappa shape index (κ1) is 19.9. The SMILES string of the molecule is CC(C(=O)C(C)c1ccc(OCCO)cc1)c1ccc(OCCO)cc1. The Morgan fingerprint density at radius 3 is 1.42 bits per heavy atom. The van der Waals surface area contributed by atoms with Gasteiger partial charge in [0, 0.05) is 11.8 Å². The van der Waals surface area contributed by atoms with Crippen molar-refractivity contribution in [2.24, 2.45) is 0 Å². The lowest BCUT2D eigenvalue weighted by atomic mass is 9.86. The Kier molecular flexibility index (Phi) is 7.63. The van der Waals surface area contributed by atoms with Gasteiger partial charge in [-0.2, -0.15) is 0 Å². The van der Waals surface area contributed by atoms with Crippen molar-refractivity contribution >= 4 is 5.78 Å². The van der Waals surface area contributed by atoms with E-state index in [1.807, 2.05) is 62.4 Å². The summed E-state index contributed by atoms with van der Waals surface area (Å²) >= 11 is 0. The van der Waals surface area contributed by atoms with Crippen LogP contribution in [0.3, 0.4) is 0 Å². The number of carbonyl (C=O) groups is 1. The summed E-state index contributed by atoms with van der Waals surface area (Å²) in [6.45, 7) is 4.25. The molecule has 5 nitrogen and oxygen atoms in total. The summed E-state index contributed by atoms with van der Waals surface area (Å²) < 4.78 is 10.7. The monoisotopic (exact) mass is 358 g/mol. The third-order valence-electron chi connectivity index (χ3n) is 4.33. The third-order valence-corrected chi connectivity index (χ3v) is 4.33. The van der Waals surface area contributed by atoms with Crippen molar-refractivity contribution in [3.63, 3.8) is 0 Å². The van der Waals surface area contributed by atoms with Crippen LogP contribution in [0.25, 0.3) is 0 Å². The van der Waals surface area contributed by atoms with E-state index in [1.165, 1.54) is 0 Å². The Morgan fingerprint density at radius 1 is 0.769 bits per heavy atom. The number of aliphatic hydroxyl groups excluding tert-OH is 2. The minimum absolute atomic E-state index is 0.0298. The summed E-state index contributed by atoms with van der Waals surface area (Å²) in [6.07, 6.45) is 0. The van der Waals surface area contributed by atoms with Crippen LogP contribution in [0, 0.1) is 0 Å². The number of Topliss-reactive ketones (excluding diaryl/α,β-unsaturated/α-hetero) is 1. The number of aliphatic hydroxyl groups is 2. The number of hydrogen-bond acceptors (Lipinski definition) is 5. The van der Waals surface area contributed by atoms with Crippen molar-refractivity contribution in [3.8, 4) is 11.5 Å². The molecule has 140 valence electrons. The van der Waals surface area contributed by atoms with Crippen LogP contribution in [0.2, 0.25) is 0 Å². The number of ether oxygens (including phenoxy) is 2. The summed E-state index contributed by atoms with van der Waals surface area (Å²) in [5.74, 6) is 1.02. The molecule has 5 heteroatoms. The second kappa shape index (κ2) is 9.94. The molecule has 2 N–H and O–H groups in total. The first-order chi connectivity index (χ1) is 12.6. The van der Waals surface area contributed by atoms with Crippen LogP contribution in [-0.2, 0) is 4.79 Å². The fourth-order valence-corrected chi connectivity index (χ4v) is 2.74. The zero-order valence-electron chi connectivity index (χ0n) is 15.2. The highest BCUT2D eigenvalue weighted by atomic mass is 16.5. The summed E-state index contributed by atoms with van der Waals surface area (Å²) in [7, 11) is 0. The number of carbonyl (C=O) groups excluding carboxylic acids is 1. The largest absolute Gasteiger partial charge is 0.491 e. The van der Waals surface area contributed by atoms with Gasteiger partial charge in [-0.05, 0) is 35.4 Å². The van der Waals surface area contributed by atoms with Gasteiger partial charge in [0.1, 0.15) is 30.5 Å². The van der Waals surface area contributed by atoms with E-state index in [0.717, 1.165) is 11.1 Å². The Balaban J connectivity index is 2.02. The molecule has 2 atom stereocenters. The topological polar surface area (TPSA) is 76.0 Å². The number of benzene rings is 2. The fraction of sp³-hybridized carbons (Fsp3) is 0.381. The zero-order valence-corrected chi connectivity index (χ0v) is 15.2. The molecule has 0 heterocycles. The maximum atomic E-state index is 12.8. The van der Waals surface area contributed by atoms with Crippen molar-refractivity contribution in [1.29, 1.82) is 0 Å². The minimum Gasteiger partial charge on any atom is -0.491 e. The predicted molar refractivity (Wildman–Crippen MR) is 99.9 cm³/mol. The molecule has 0 spiro atoms. The molecule has 2 aromatic rings. The molecule has 0 saturated carbocycles. The molecule has 26 heavy (non-hydrogen) atoms. The van der Waals surface area contributed by atoms with Gasteiger partial charge in [0.25, 0.3) is 0 Å². The molecule has 0 aliphatic carbocycles. The highest BCUT2D eigenvalue weighted by molar-refractivity contribution is 5.91.